The lowest BCUT2D eigenvalue weighted by Gasteiger charge is -2.33. The third kappa shape index (κ3) is 3.70. The van der Waals surface area contributed by atoms with Crippen molar-refractivity contribution < 1.29 is 13.2 Å². The molecule has 28 heavy (non-hydrogen) atoms. The van der Waals surface area contributed by atoms with Gasteiger partial charge in [0.2, 0.25) is 0 Å². The van der Waals surface area contributed by atoms with Gasteiger partial charge in [0.05, 0.1) is 11.1 Å². The summed E-state index contributed by atoms with van der Waals surface area (Å²) in [5, 5.41) is 6.97. The Morgan fingerprint density at radius 3 is 2.57 bits per heavy atom. The maximum Gasteiger partial charge on any atom is 0.416 e. The van der Waals surface area contributed by atoms with Gasteiger partial charge in [-0.2, -0.15) is 18.3 Å². The van der Waals surface area contributed by atoms with Crippen molar-refractivity contribution in [3.63, 3.8) is 0 Å². The highest BCUT2D eigenvalue weighted by atomic mass is 19.4. The molecule has 0 aliphatic carbocycles. The summed E-state index contributed by atoms with van der Waals surface area (Å²) in [5.74, 6) is 1.49. The summed E-state index contributed by atoms with van der Waals surface area (Å²) in [6.45, 7) is 3.55. The monoisotopic (exact) mass is 388 g/mol. The average Bonchev–Trinajstić information content (AvgIpc) is 3.18. The summed E-state index contributed by atoms with van der Waals surface area (Å²) in [6, 6.07) is 8.69. The predicted octanol–water partition coefficient (Wildman–Crippen LogP) is 3.30. The molecule has 1 aliphatic heterocycles. The van der Waals surface area contributed by atoms with Gasteiger partial charge in [-0.05, 0) is 31.3 Å². The molecule has 0 amide bonds. The van der Waals surface area contributed by atoms with Gasteiger partial charge in [0, 0.05) is 37.9 Å². The van der Waals surface area contributed by atoms with E-state index in [4.69, 9.17) is 0 Å². The second-order valence-electron chi connectivity index (χ2n) is 6.75. The summed E-state index contributed by atoms with van der Waals surface area (Å²) >= 11 is 0. The van der Waals surface area contributed by atoms with Crippen LogP contribution in [0.3, 0.4) is 0 Å². The minimum absolute atomic E-state index is 0.217. The van der Waals surface area contributed by atoms with E-state index in [-0.39, 0.29) is 5.82 Å². The van der Waals surface area contributed by atoms with Crippen LogP contribution in [-0.2, 0) is 6.18 Å². The van der Waals surface area contributed by atoms with Gasteiger partial charge < -0.3 is 9.80 Å². The lowest BCUT2D eigenvalue weighted by atomic mass is 10.1. The number of alkyl halides is 3. The number of nitrogens with zero attached hydrogens (tertiary/aromatic N) is 5. The van der Waals surface area contributed by atoms with E-state index in [0.717, 1.165) is 49.7 Å². The van der Waals surface area contributed by atoms with Crippen molar-refractivity contribution in [3.8, 4) is 22.8 Å². The van der Waals surface area contributed by atoms with Crippen LogP contribution >= 0.6 is 0 Å². The number of benzene rings is 1. The van der Waals surface area contributed by atoms with Crippen LogP contribution in [0.4, 0.5) is 19.0 Å². The van der Waals surface area contributed by atoms with Crippen LogP contribution in [0.5, 0.6) is 0 Å². The zero-order valence-corrected chi connectivity index (χ0v) is 15.2. The highest BCUT2D eigenvalue weighted by Gasteiger charge is 2.30. The fraction of sp³-hybridized carbons (Fsp3) is 0.316. The van der Waals surface area contributed by atoms with Crippen molar-refractivity contribution in [3.05, 3.63) is 48.2 Å². The molecule has 1 aliphatic rings. The summed E-state index contributed by atoms with van der Waals surface area (Å²) < 4.78 is 38.9. The number of rotatable bonds is 3. The third-order valence-corrected chi connectivity index (χ3v) is 4.78. The topological polar surface area (TPSA) is 60.9 Å². The summed E-state index contributed by atoms with van der Waals surface area (Å²) in [6.07, 6.45) is -2.69. The van der Waals surface area contributed by atoms with Crippen molar-refractivity contribution in [2.45, 2.75) is 6.18 Å². The molecule has 0 spiro atoms. The fourth-order valence-corrected chi connectivity index (χ4v) is 3.20. The smallest absolute Gasteiger partial charge is 0.353 e. The number of aromatic nitrogens is 4. The SMILES string of the molecule is CN1CCN(c2ncccc2-c2nc(-c3cccc(C(F)(F)F)c3)n[nH]2)CC1. The van der Waals surface area contributed by atoms with Crippen LogP contribution in [0.2, 0.25) is 0 Å². The first kappa shape index (κ1) is 18.4. The summed E-state index contributed by atoms with van der Waals surface area (Å²) in [5.41, 5.74) is 0.357. The first-order valence-electron chi connectivity index (χ1n) is 8.91. The van der Waals surface area contributed by atoms with Gasteiger partial charge >= 0.3 is 6.18 Å². The molecule has 0 saturated carbocycles. The first-order valence-corrected chi connectivity index (χ1v) is 8.91. The molecular formula is C19H19F3N6. The van der Waals surface area contributed by atoms with E-state index in [1.54, 1.807) is 18.3 Å². The van der Waals surface area contributed by atoms with Gasteiger partial charge in [0.15, 0.2) is 11.6 Å². The Balaban J connectivity index is 1.66. The number of piperazine rings is 1. The minimum Gasteiger partial charge on any atom is -0.353 e. The van der Waals surface area contributed by atoms with Crippen LogP contribution < -0.4 is 4.90 Å². The van der Waals surface area contributed by atoms with E-state index in [9.17, 15) is 13.2 Å². The molecule has 1 N–H and O–H groups in total. The molecule has 3 heterocycles. The van der Waals surface area contributed by atoms with Gasteiger partial charge in [-0.1, -0.05) is 12.1 Å². The standard InChI is InChI=1S/C19H19F3N6/c1-27-8-10-28(11-9-27)18-15(6-3-7-23-18)17-24-16(25-26-17)13-4-2-5-14(12-13)19(20,21)22/h2-7,12H,8-11H2,1H3,(H,24,25,26). The third-order valence-electron chi connectivity index (χ3n) is 4.78. The van der Waals surface area contributed by atoms with Gasteiger partial charge in [-0.25, -0.2) is 9.97 Å². The molecule has 1 aromatic carbocycles. The van der Waals surface area contributed by atoms with E-state index in [1.807, 2.05) is 6.07 Å². The van der Waals surface area contributed by atoms with Gasteiger partial charge in [-0.15, -0.1) is 0 Å². The van der Waals surface area contributed by atoms with Gasteiger partial charge in [0.1, 0.15) is 5.82 Å². The second kappa shape index (κ2) is 7.23. The molecule has 0 atom stereocenters. The predicted molar refractivity (Wildman–Crippen MR) is 99.8 cm³/mol. The molecule has 2 aromatic heterocycles. The number of pyridine rings is 1. The molecule has 4 rings (SSSR count). The zero-order valence-electron chi connectivity index (χ0n) is 15.2. The van der Waals surface area contributed by atoms with Crippen molar-refractivity contribution in [1.82, 2.24) is 25.1 Å². The number of hydrogen-bond donors (Lipinski definition) is 1. The van der Waals surface area contributed by atoms with E-state index >= 15 is 0 Å². The van der Waals surface area contributed by atoms with Crippen LogP contribution in [0.15, 0.2) is 42.6 Å². The lowest BCUT2D eigenvalue weighted by molar-refractivity contribution is -0.137. The Morgan fingerprint density at radius 1 is 1.04 bits per heavy atom. The Morgan fingerprint density at radius 2 is 1.82 bits per heavy atom. The van der Waals surface area contributed by atoms with Crippen molar-refractivity contribution >= 4 is 5.82 Å². The molecule has 0 bridgehead atoms. The lowest BCUT2D eigenvalue weighted by Crippen LogP contribution is -2.45. The van der Waals surface area contributed by atoms with E-state index < -0.39 is 11.7 Å². The first-order chi connectivity index (χ1) is 13.4. The maximum absolute atomic E-state index is 13.0. The van der Waals surface area contributed by atoms with E-state index in [0.29, 0.717) is 11.4 Å². The quantitative estimate of drug-likeness (QED) is 0.746. The second-order valence-corrected chi connectivity index (χ2v) is 6.75. The van der Waals surface area contributed by atoms with Gasteiger partial charge in [0.25, 0.3) is 0 Å². The van der Waals surface area contributed by atoms with E-state index in [2.05, 4.69) is 37.0 Å². The van der Waals surface area contributed by atoms with E-state index in [1.165, 1.54) is 6.07 Å². The molecule has 0 unspecified atom stereocenters. The number of halogens is 3. The summed E-state index contributed by atoms with van der Waals surface area (Å²) in [4.78, 5) is 13.4. The molecular weight excluding hydrogens is 369 g/mol. The Bertz CT molecular complexity index is 960. The highest BCUT2D eigenvalue weighted by molar-refractivity contribution is 5.72. The van der Waals surface area contributed by atoms with Crippen LogP contribution in [0.1, 0.15) is 5.56 Å². The largest absolute Gasteiger partial charge is 0.416 e. The van der Waals surface area contributed by atoms with Crippen molar-refractivity contribution in [1.29, 1.82) is 0 Å². The number of aromatic amines is 1. The number of H-pyrrole nitrogens is 1. The molecule has 146 valence electrons. The number of likely N-dealkylation sites (N-methyl/N-ethyl adjacent to an activating group) is 1. The number of hydrogen-bond acceptors (Lipinski definition) is 5. The van der Waals surface area contributed by atoms with Crippen LogP contribution in [-0.4, -0.2) is 58.3 Å². The Labute approximate surface area is 160 Å². The number of anilines is 1. The molecule has 6 nitrogen and oxygen atoms in total. The Hall–Kier alpha value is -2.94. The molecule has 9 heteroatoms. The molecule has 1 fully saturated rings. The van der Waals surface area contributed by atoms with Crippen molar-refractivity contribution in [2.75, 3.05) is 38.1 Å². The normalized spacial score (nSPS) is 15.8. The fourth-order valence-electron chi connectivity index (χ4n) is 3.20. The molecule has 3 aromatic rings. The number of nitrogens with one attached hydrogen (secondary N) is 1. The minimum atomic E-state index is -4.41. The average molecular weight is 388 g/mol. The maximum atomic E-state index is 13.0. The highest BCUT2D eigenvalue weighted by Crippen LogP contribution is 2.32. The zero-order chi connectivity index (χ0) is 19.7. The van der Waals surface area contributed by atoms with Gasteiger partial charge in [-0.3, -0.25) is 5.10 Å². The molecule has 0 radical (unpaired) electrons. The van der Waals surface area contributed by atoms with Crippen LogP contribution in [0, 0.1) is 0 Å². The summed E-state index contributed by atoms with van der Waals surface area (Å²) in [7, 11) is 2.08. The Kier molecular flexibility index (Phi) is 4.76. The van der Waals surface area contributed by atoms with Crippen LogP contribution in [0.25, 0.3) is 22.8 Å². The van der Waals surface area contributed by atoms with Crippen molar-refractivity contribution in [2.24, 2.45) is 0 Å². The molecule has 1 saturated heterocycles.